The van der Waals surface area contributed by atoms with Crippen LogP contribution in [0.1, 0.15) is 6.92 Å². The molecule has 7 nitrogen and oxygen atoms in total. The largest absolute Gasteiger partial charge is 0.380 e. The minimum atomic E-state index is -4.02. The highest BCUT2D eigenvalue weighted by Crippen LogP contribution is 1.97. The van der Waals surface area contributed by atoms with E-state index in [2.05, 4.69) is 10.0 Å². The highest BCUT2D eigenvalue weighted by atomic mass is 32.2. The number of nitrogens with zero attached hydrogens (tertiary/aromatic N) is 3. The molecule has 0 spiro atoms. The lowest BCUT2D eigenvalue weighted by molar-refractivity contribution is 0.142. The van der Waals surface area contributed by atoms with Crippen LogP contribution in [0.3, 0.4) is 0 Å². The Morgan fingerprint density at radius 3 is 2.77 bits per heavy atom. The zero-order valence-electron chi connectivity index (χ0n) is 7.12. The minimum Gasteiger partial charge on any atom is -0.380 e. The molecule has 76 valence electrons. The normalized spacial score (nSPS) is 13.4. The third-order valence-electron chi connectivity index (χ3n) is 1.26. The minimum absolute atomic E-state index is 0.111. The van der Waals surface area contributed by atoms with E-state index in [1.54, 1.807) is 0 Å². The molecule has 0 aliphatic carbocycles. The molecular formula is C5H11N3O4S. The summed E-state index contributed by atoms with van der Waals surface area (Å²) in [5, 5.41) is 2.21. The van der Waals surface area contributed by atoms with E-state index in [0.29, 0.717) is 0 Å². The molecule has 0 rings (SSSR count). The molecule has 0 radical (unpaired) electrons. The van der Waals surface area contributed by atoms with Gasteiger partial charge in [0.25, 0.3) is 10.1 Å². The van der Waals surface area contributed by atoms with Gasteiger partial charge in [0.2, 0.25) is 0 Å². The van der Waals surface area contributed by atoms with Gasteiger partial charge >= 0.3 is 0 Å². The quantitative estimate of drug-likeness (QED) is 0.227. The number of hydrogen-bond acceptors (Lipinski definition) is 4. The molecule has 0 saturated carbocycles. The van der Waals surface area contributed by atoms with Crippen LogP contribution in [-0.2, 0) is 14.9 Å². The Labute approximate surface area is 76.1 Å². The molecule has 8 heteroatoms. The smallest absolute Gasteiger partial charge is 0.269 e. The average Bonchev–Trinajstić information content (AvgIpc) is 2.02. The van der Waals surface area contributed by atoms with Gasteiger partial charge in [-0.3, -0.25) is 4.55 Å². The van der Waals surface area contributed by atoms with E-state index in [0.717, 1.165) is 0 Å². The predicted molar refractivity (Wildman–Crippen MR) is 45.8 cm³/mol. The third-order valence-corrected chi connectivity index (χ3v) is 2.41. The van der Waals surface area contributed by atoms with Gasteiger partial charge in [-0.15, -0.1) is 0 Å². The molecule has 13 heavy (non-hydrogen) atoms. The molecule has 1 N–H and O–H groups in total. The molecule has 0 amide bonds. The maximum absolute atomic E-state index is 10.4. The van der Waals surface area contributed by atoms with Gasteiger partial charge < -0.3 is 4.74 Å². The van der Waals surface area contributed by atoms with Crippen molar-refractivity contribution in [2.45, 2.75) is 12.2 Å². The van der Waals surface area contributed by atoms with E-state index in [9.17, 15) is 8.42 Å². The summed E-state index contributed by atoms with van der Waals surface area (Å²) < 4.78 is 34.2. The topological polar surface area (TPSA) is 112 Å². The summed E-state index contributed by atoms with van der Waals surface area (Å²) in [6.07, 6.45) is 0. The summed E-state index contributed by atoms with van der Waals surface area (Å²) in [5.41, 5.74) is 7.87. The molecular weight excluding hydrogens is 198 g/mol. The lowest BCUT2D eigenvalue weighted by Crippen LogP contribution is -2.23. The van der Waals surface area contributed by atoms with Gasteiger partial charge in [0.1, 0.15) is 5.25 Å². The van der Waals surface area contributed by atoms with E-state index < -0.39 is 15.4 Å². The summed E-state index contributed by atoms with van der Waals surface area (Å²) in [6, 6.07) is 0. The number of azide groups is 1. The first-order chi connectivity index (χ1) is 5.98. The van der Waals surface area contributed by atoms with Gasteiger partial charge in [0, 0.05) is 11.5 Å². The van der Waals surface area contributed by atoms with E-state index >= 15 is 0 Å². The summed E-state index contributed by atoms with van der Waals surface area (Å²) in [6.45, 7) is 1.50. The fourth-order valence-corrected chi connectivity index (χ4v) is 0.754. The molecule has 0 saturated heterocycles. The molecule has 0 aromatic heterocycles. The van der Waals surface area contributed by atoms with Crippen LogP contribution in [0.4, 0.5) is 0 Å². The van der Waals surface area contributed by atoms with Gasteiger partial charge in [0.05, 0.1) is 13.2 Å². The van der Waals surface area contributed by atoms with Crippen molar-refractivity contribution in [3.8, 4) is 0 Å². The van der Waals surface area contributed by atoms with Crippen molar-refractivity contribution >= 4 is 10.1 Å². The van der Waals surface area contributed by atoms with E-state index in [-0.39, 0.29) is 19.8 Å². The van der Waals surface area contributed by atoms with Crippen LogP contribution >= 0.6 is 0 Å². The average molecular weight is 209 g/mol. The first-order valence-electron chi connectivity index (χ1n) is 3.53. The molecule has 0 aliphatic heterocycles. The van der Waals surface area contributed by atoms with Crippen LogP contribution in [-0.4, -0.2) is 38.0 Å². The number of rotatable bonds is 6. The number of ether oxygens (including phenoxy) is 1. The van der Waals surface area contributed by atoms with Crippen molar-refractivity contribution in [2.75, 3.05) is 19.8 Å². The van der Waals surface area contributed by atoms with Crippen LogP contribution in [0, 0.1) is 0 Å². The first kappa shape index (κ1) is 12.2. The van der Waals surface area contributed by atoms with E-state index in [1.807, 2.05) is 0 Å². The van der Waals surface area contributed by atoms with Crippen molar-refractivity contribution in [3.63, 3.8) is 0 Å². The highest BCUT2D eigenvalue weighted by Gasteiger charge is 2.16. The molecule has 1 unspecified atom stereocenters. The Morgan fingerprint density at radius 1 is 1.69 bits per heavy atom. The van der Waals surface area contributed by atoms with Crippen LogP contribution in [0.5, 0.6) is 0 Å². The molecule has 0 aromatic carbocycles. The van der Waals surface area contributed by atoms with Crippen LogP contribution in [0.2, 0.25) is 0 Å². The summed E-state index contributed by atoms with van der Waals surface area (Å²) in [5.74, 6) is 0. The van der Waals surface area contributed by atoms with Crippen molar-refractivity contribution in [2.24, 2.45) is 5.11 Å². The third kappa shape index (κ3) is 6.35. The summed E-state index contributed by atoms with van der Waals surface area (Å²) in [7, 11) is -4.02. The highest BCUT2D eigenvalue weighted by molar-refractivity contribution is 7.86. The number of hydrogen-bond donors (Lipinski definition) is 1. The van der Waals surface area contributed by atoms with Crippen molar-refractivity contribution in [1.29, 1.82) is 0 Å². The molecule has 0 heterocycles. The van der Waals surface area contributed by atoms with Crippen molar-refractivity contribution in [1.82, 2.24) is 0 Å². The zero-order chi connectivity index (χ0) is 10.3. The second kappa shape index (κ2) is 5.76. The molecule has 0 bridgehead atoms. The molecule has 0 aromatic rings. The van der Waals surface area contributed by atoms with Gasteiger partial charge in [-0.2, -0.15) is 8.42 Å². The molecule has 0 aliphatic rings. The van der Waals surface area contributed by atoms with E-state index in [4.69, 9.17) is 14.8 Å². The summed E-state index contributed by atoms with van der Waals surface area (Å²) in [4.78, 5) is 2.48. The predicted octanol–water partition coefficient (Wildman–Crippen LogP) is 0.590. The lowest BCUT2D eigenvalue weighted by atomic mass is 10.5. The maximum Gasteiger partial charge on any atom is 0.269 e. The lowest BCUT2D eigenvalue weighted by Gasteiger charge is -2.07. The Hall–Kier alpha value is -0.820. The monoisotopic (exact) mass is 209 g/mol. The van der Waals surface area contributed by atoms with Crippen molar-refractivity contribution in [3.05, 3.63) is 10.4 Å². The Bertz CT molecular complexity index is 282. The zero-order valence-corrected chi connectivity index (χ0v) is 7.94. The van der Waals surface area contributed by atoms with Crippen LogP contribution in [0.15, 0.2) is 5.11 Å². The Morgan fingerprint density at radius 2 is 2.31 bits per heavy atom. The molecule has 1 atom stereocenters. The van der Waals surface area contributed by atoms with Gasteiger partial charge in [-0.1, -0.05) is 5.11 Å². The molecule has 0 fully saturated rings. The second-order valence-corrected chi connectivity index (χ2v) is 4.19. The van der Waals surface area contributed by atoms with E-state index in [1.165, 1.54) is 6.92 Å². The first-order valence-corrected chi connectivity index (χ1v) is 5.03. The Balaban J connectivity index is 3.60. The Kier molecular flexibility index (Phi) is 5.40. The fourth-order valence-electron chi connectivity index (χ4n) is 0.485. The van der Waals surface area contributed by atoms with Gasteiger partial charge in [-0.25, -0.2) is 0 Å². The van der Waals surface area contributed by atoms with Gasteiger partial charge in [0.15, 0.2) is 0 Å². The summed E-state index contributed by atoms with van der Waals surface area (Å²) >= 11 is 0. The van der Waals surface area contributed by atoms with Crippen LogP contribution < -0.4 is 0 Å². The standard InChI is InChI=1S/C5H11N3O4S/c1-5(13(9,10)11)4-12-3-2-7-8-6/h5H,2-4H2,1H3,(H,9,10,11). The second-order valence-electron chi connectivity index (χ2n) is 2.35. The van der Waals surface area contributed by atoms with Crippen LogP contribution in [0.25, 0.3) is 10.4 Å². The maximum atomic E-state index is 10.4. The fraction of sp³-hybridized carbons (Fsp3) is 1.00. The SMILES string of the molecule is CC(COCCN=[N+]=[N-])S(=O)(=O)O. The van der Waals surface area contributed by atoms with Crippen molar-refractivity contribution < 1.29 is 17.7 Å². The van der Waals surface area contributed by atoms with Gasteiger partial charge in [-0.05, 0) is 12.5 Å².